The molecule has 0 spiro atoms. The molecule has 1 aromatic carbocycles. The summed E-state index contributed by atoms with van der Waals surface area (Å²) in [5.41, 5.74) is 0.00641. The molecule has 0 aliphatic carbocycles. The molecule has 1 aliphatic heterocycles. The SMILES string of the molecule is CN1CCN(CC/C=C/c2cccc(C(F)(F)F)c2)CC1. The minimum atomic E-state index is -4.27. The first-order chi connectivity index (χ1) is 9.95. The van der Waals surface area contributed by atoms with Gasteiger partial charge in [-0.15, -0.1) is 0 Å². The number of benzene rings is 1. The van der Waals surface area contributed by atoms with Crippen LogP contribution in [0.25, 0.3) is 6.08 Å². The minimum Gasteiger partial charge on any atom is -0.304 e. The van der Waals surface area contributed by atoms with E-state index in [-0.39, 0.29) is 0 Å². The van der Waals surface area contributed by atoms with E-state index in [2.05, 4.69) is 16.8 Å². The van der Waals surface area contributed by atoms with Crippen molar-refractivity contribution in [3.63, 3.8) is 0 Å². The van der Waals surface area contributed by atoms with Gasteiger partial charge in [0.15, 0.2) is 0 Å². The summed E-state index contributed by atoms with van der Waals surface area (Å²) in [7, 11) is 2.12. The molecule has 5 heteroatoms. The molecule has 1 aliphatic rings. The van der Waals surface area contributed by atoms with Crippen LogP contribution in [0.5, 0.6) is 0 Å². The lowest BCUT2D eigenvalue weighted by atomic mass is 10.1. The van der Waals surface area contributed by atoms with Crippen LogP contribution in [0.15, 0.2) is 30.3 Å². The molecular formula is C16H21F3N2. The molecule has 1 fully saturated rings. The summed E-state index contributed by atoms with van der Waals surface area (Å²) in [6.07, 6.45) is 0.308. The van der Waals surface area contributed by atoms with Crippen molar-refractivity contribution in [3.05, 3.63) is 41.5 Å². The molecule has 1 heterocycles. The van der Waals surface area contributed by atoms with Crippen LogP contribution in [0.3, 0.4) is 0 Å². The highest BCUT2D eigenvalue weighted by Gasteiger charge is 2.30. The predicted octanol–water partition coefficient (Wildman–Crippen LogP) is 3.36. The molecular weight excluding hydrogens is 277 g/mol. The fourth-order valence-corrected chi connectivity index (χ4v) is 2.37. The van der Waals surface area contributed by atoms with Crippen molar-refractivity contribution in [2.45, 2.75) is 12.6 Å². The van der Waals surface area contributed by atoms with E-state index >= 15 is 0 Å². The number of likely N-dealkylation sites (N-methyl/N-ethyl adjacent to an activating group) is 1. The Kier molecular flexibility index (Phi) is 5.42. The Bertz CT molecular complexity index is 475. The number of alkyl halides is 3. The monoisotopic (exact) mass is 298 g/mol. The van der Waals surface area contributed by atoms with E-state index in [0.29, 0.717) is 5.56 Å². The van der Waals surface area contributed by atoms with Gasteiger partial charge in [-0.25, -0.2) is 0 Å². The molecule has 1 saturated heterocycles. The van der Waals surface area contributed by atoms with E-state index in [1.54, 1.807) is 12.1 Å². The van der Waals surface area contributed by atoms with E-state index in [4.69, 9.17) is 0 Å². The van der Waals surface area contributed by atoms with Gasteiger partial charge >= 0.3 is 6.18 Å². The second-order valence-electron chi connectivity index (χ2n) is 5.46. The minimum absolute atomic E-state index is 0.594. The Morgan fingerprint density at radius 2 is 1.86 bits per heavy atom. The van der Waals surface area contributed by atoms with Crippen molar-refractivity contribution < 1.29 is 13.2 Å². The third kappa shape index (κ3) is 5.17. The summed E-state index contributed by atoms with van der Waals surface area (Å²) in [5.74, 6) is 0. The van der Waals surface area contributed by atoms with Gasteiger partial charge in [-0.2, -0.15) is 13.2 Å². The molecule has 2 nitrogen and oxygen atoms in total. The molecule has 0 atom stereocenters. The highest BCUT2D eigenvalue weighted by Crippen LogP contribution is 2.29. The number of hydrogen-bond donors (Lipinski definition) is 0. The van der Waals surface area contributed by atoms with Gasteiger partial charge in [-0.1, -0.05) is 24.3 Å². The maximum atomic E-state index is 12.6. The van der Waals surface area contributed by atoms with Crippen LogP contribution in [-0.4, -0.2) is 49.6 Å². The molecule has 0 bridgehead atoms. The number of nitrogens with zero attached hydrogens (tertiary/aromatic N) is 2. The summed E-state index contributed by atoms with van der Waals surface area (Å²) in [5, 5.41) is 0. The van der Waals surface area contributed by atoms with E-state index in [1.165, 1.54) is 12.1 Å². The van der Waals surface area contributed by atoms with Crippen LogP contribution in [0, 0.1) is 0 Å². The molecule has 0 amide bonds. The fraction of sp³-hybridized carbons (Fsp3) is 0.500. The lowest BCUT2D eigenvalue weighted by Crippen LogP contribution is -2.44. The third-order valence-electron chi connectivity index (χ3n) is 3.73. The highest BCUT2D eigenvalue weighted by molar-refractivity contribution is 5.50. The number of piperazine rings is 1. The van der Waals surface area contributed by atoms with Crippen LogP contribution in [0.2, 0.25) is 0 Å². The third-order valence-corrected chi connectivity index (χ3v) is 3.73. The van der Waals surface area contributed by atoms with Gasteiger partial charge in [0.2, 0.25) is 0 Å². The average Bonchev–Trinajstić information content (AvgIpc) is 2.45. The summed E-state index contributed by atoms with van der Waals surface area (Å²) in [6, 6.07) is 5.43. The zero-order valence-electron chi connectivity index (χ0n) is 12.2. The van der Waals surface area contributed by atoms with Crippen molar-refractivity contribution in [2.75, 3.05) is 39.8 Å². The van der Waals surface area contributed by atoms with E-state index in [9.17, 15) is 13.2 Å². The van der Waals surface area contributed by atoms with Gasteiger partial charge in [-0.3, -0.25) is 0 Å². The Morgan fingerprint density at radius 3 is 2.52 bits per heavy atom. The van der Waals surface area contributed by atoms with Crippen molar-refractivity contribution in [1.29, 1.82) is 0 Å². The topological polar surface area (TPSA) is 6.48 Å². The molecule has 1 aromatic rings. The molecule has 0 N–H and O–H groups in total. The van der Waals surface area contributed by atoms with Crippen LogP contribution in [0.4, 0.5) is 13.2 Å². The van der Waals surface area contributed by atoms with Gasteiger partial charge in [0.1, 0.15) is 0 Å². The molecule has 116 valence electrons. The quantitative estimate of drug-likeness (QED) is 0.841. The van der Waals surface area contributed by atoms with Crippen LogP contribution >= 0.6 is 0 Å². The van der Waals surface area contributed by atoms with Gasteiger partial charge in [0.25, 0.3) is 0 Å². The summed E-state index contributed by atoms with van der Waals surface area (Å²) >= 11 is 0. The summed E-state index contributed by atoms with van der Waals surface area (Å²) in [6.45, 7) is 5.25. The Labute approximate surface area is 123 Å². The molecule has 2 rings (SSSR count). The van der Waals surface area contributed by atoms with Crippen molar-refractivity contribution >= 4 is 6.08 Å². The number of rotatable bonds is 4. The standard InChI is InChI=1S/C16H21F3N2/c1-20-9-11-21(12-10-20)8-3-2-5-14-6-4-7-15(13-14)16(17,18)19/h2,4-7,13H,3,8-12H2,1H3/b5-2+. The fourth-order valence-electron chi connectivity index (χ4n) is 2.37. The molecule has 0 radical (unpaired) electrons. The van der Waals surface area contributed by atoms with Crippen molar-refractivity contribution in [3.8, 4) is 0 Å². The van der Waals surface area contributed by atoms with Gasteiger partial charge in [0.05, 0.1) is 5.56 Å². The zero-order chi connectivity index (χ0) is 15.3. The first kappa shape index (κ1) is 16.0. The van der Waals surface area contributed by atoms with E-state index < -0.39 is 11.7 Å². The maximum Gasteiger partial charge on any atom is 0.416 e. The Balaban J connectivity index is 1.82. The lowest BCUT2D eigenvalue weighted by Gasteiger charge is -2.32. The molecule has 21 heavy (non-hydrogen) atoms. The van der Waals surface area contributed by atoms with Crippen LogP contribution in [-0.2, 0) is 6.18 Å². The van der Waals surface area contributed by atoms with E-state index in [0.717, 1.165) is 45.2 Å². The first-order valence-electron chi connectivity index (χ1n) is 7.20. The second-order valence-corrected chi connectivity index (χ2v) is 5.46. The second kappa shape index (κ2) is 7.09. The predicted molar refractivity (Wildman–Crippen MR) is 79.0 cm³/mol. The molecule has 0 unspecified atom stereocenters. The first-order valence-corrected chi connectivity index (χ1v) is 7.20. The van der Waals surface area contributed by atoms with E-state index in [1.807, 2.05) is 6.08 Å². The molecule has 0 aromatic heterocycles. The van der Waals surface area contributed by atoms with Gasteiger partial charge in [0, 0.05) is 32.7 Å². The van der Waals surface area contributed by atoms with Crippen molar-refractivity contribution in [2.24, 2.45) is 0 Å². The van der Waals surface area contributed by atoms with Gasteiger partial charge in [-0.05, 0) is 31.2 Å². The Morgan fingerprint density at radius 1 is 1.14 bits per heavy atom. The van der Waals surface area contributed by atoms with Crippen LogP contribution < -0.4 is 0 Å². The lowest BCUT2D eigenvalue weighted by molar-refractivity contribution is -0.137. The van der Waals surface area contributed by atoms with Gasteiger partial charge < -0.3 is 9.80 Å². The summed E-state index contributed by atoms with van der Waals surface area (Å²) < 4.78 is 37.8. The largest absolute Gasteiger partial charge is 0.416 e. The highest BCUT2D eigenvalue weighted by atomic mass is 19.4. The average molecular weight is 298 g/mol. The molecule has 0 saturated carbocycles. The summed E-state index contributed by atoms with van der Waals surface area (Å²) in [4.78, 5) is 4.69. The smallest absolute Gasteiger partial charge is 0.304 e. The normalized spacial score (nSPS) is 18.5. The maximum absolute atomic E-state index is 12.6. The number of halogens is 3. The number of hydrogen-bond acceptors (Lipinski definition) is 2. The van der Waals surface area contributed by atoms with Crippen molar-refractivity contribution in [1.82, 2.24) is 9.80 Å². The Hall–Kier alpha value is -1.33. The van der Waals surface area contributed by atoms with Crippen LogP contribution in [0.1, 0.15) is 17.5 Å². The zero-order valence-corrected chi connectivity index (χ0v) is 12.2.